The number of halogens is 1. The maximum Gasteiger partial charge on any atom is 0.423 e. The van der Waals surface area contributed by atoms with Gasteiger partial charge in [0.25, 0.3) is 0 Å². The van der Waals surface area contributed by atoms with Gasteiger partial charge in [0, 0.05) is 0 Å². The molecule has 0 amide bonds. The quantitative estimate of drug-likeness (QED) is 0.423. The largest absolute Gasteiger partial charge is 0.711 e. The number of aromatic amines is 1. The molecule has 0 spiro atoms. The van der Waals surface area contributed by atoms with Crippen LogP contribution in [-0.2, 0) is 0 Å². The second kappa shape index (κ2) is 2.47. The summed E-state index contributed by atoms with van der Waals surface area (Å²) in [6.07, 6.45) is 1.34. The Kier molecular flexibility index (Phi) is 1.56. The highest BCUT2D eigenvalue weighted by Gasteiger charge is 2.10. The molecule has 0 fully saturated rings. The predicted molar refractivity (Wildman–Crippen MR) is 50.9 cm³/mol. The van der Waals surface area contributed by atoms with E-state index >= 15 is 0 Å². The van der Waals surface area contributed by atoms with E-state index in [2.05, 4.69) is 4.98 Å². The number of imidazole rings is 1. The van der Waals surface area contributed by atoms with Crippen LogP contribution in [0.3, 0.4) is 0 Å². The van der Waals surface area contributed by atoms with Crippen LogP contribution in [0.2, 0.25) is 0 Å². The van der Waals surface area contributed by atoms with Crippen molar-refractivity contribution < 1.29 is 4.73 Å². The van der Waals surface area contributed by atoms with Crippen molar-refractivity contribution in [3.8, 4) is 0 Å². The van der Waals surface area contributed by atoms with Crippen LogP contribution in [0.1, 0.15) is 0 Å². The molecule has 0 aliphatic carbocycles. The van der Waals surface area contributed by atoms with Crippen LogP contribution in [0.25, 0.3) is 11.2 Å². The fourth-order valence-corrected chi connectivity index (χ4v) is 1.53. The van der Waals surface area contributed by atoms with E-state index in [1.54, 1.807) is 12.1 Å². The second-order valence-corrected chi connectivity index (χ2v) is 3.24. The molecule has 2 aromatic rings. The zero-order valence-corrected chi connectivity index (χ0v) is 7.98. The zero-order chi connectivity index (χ0) is 8.72. The van der Waals surface area contributed by atoms with Gasteiger partial charge in [-0.05, 0) is 12.1 Å². The minimum Gasteiger partial charge on any atom is -0.711 e. The van der Waals surface area contributed by atoms with Gasteiger partial charge >= 0.3 is 11.3 Å². The smallest absolute Gasteiger partial charge is 0.423 e. The molecular formula is C6H4IN3O2. The lowest BCUT2D eigenvalue weighted by Crippen LogP contribution is -2.26. The monoisotopic (exact) mass is 277 g/mol. The summed E-state index contributed by atoms with van der Waals surface area (Å²) in [6, 6.07) is 3.30. The van der Waals surface area contributed by atoms with Crippen molar-refractivity contribution in [2.75, 3.05) is 0 Å². The van der Waals surface area contributed by atoms with Gasteiger partial charge in [-0.25, -0.2) is 12.3 Å². The summed E-state index contributed by atoms with van der Waals surface area (Å²) in [5, 5.41) is 11.1. The number of aromatic nitrogens is 3. The predicted octanol–water partition coefficient (Wildman–Crippen LogP) is 0.161. The van der Waals surface area contributed by atoms with Gasteiger partial charge in [0.2, 0.25) is 0 Å². The van der Waals surface area contributed by atoms with Crippen molar-refractivity contribution in [2.24, 2.45) is 0 Å². The molecule has 12 heavy (non-hydrogen) atoms. The number of rotatable bonds is 0. The Balaban J connectivity index is 3.05. The molecule has 0 unspecified atom stereocenters. The SMILES string of the molecule is O=c1[nH]c2c(ccc[n+]2[O-])n1I. The lowest BCUT2D eigenvalue weighted by Gasteiger charge is -1.98. The van der Waals surface area contributed by atoms with E-state index in [1.807, 2.05) is 22.9 Å². The molecule has 2 heterocycles. The topological polar surface area (TPSA) is 64.7 Å². The number of fused-ring (bicyclic) bond motifs is 1. The van der Waals surface area contributed by atoms with Crippen LogP contribution >= 0.6 is 22.9 Å². The van der Waals surface area contributed by atoms with E-state index in [9.17, 15) is 10.0 Å². The second-order valence-electron chi connectivity index (χ2n) is 2.28. The first-order valence-corrected chi connectivity index (χ1v) is 4.15. The maximum absolute atomic E-state index is 11.1. The Morgan fingerprint density at radius 3 is 3.08 bits per heavy atom. The molecule has 2 rings (SSSR count). The zero-order valence-electron chi connectivity index (χ0n) is 5.82. The van der Waals surface area contributed by atoms with Crippen LogP contribution in [-0.4, -0.2) is 7.76 Å². The first-order chi connectivity index (χ1) is 5.70. The fourth-order valence-electron chi connectivity index (χ4n) is 1.02. The molecule has 0 saturated heterocycles. The summed E-state index contributed by atoms with van der Waals surface area (Å²) in [7, 11) is 0. The molecule has 0 aliphatic rings. The van der Waals surface area contributed by atoms with Gasteiger partial charge in [0.15, 0.2) is 0 Å². The highest BCUT2D eigenvalue weighted by molar-refractivity contribution is 14.1. The highest BCUT2D eigenvalue weighted by atomic mass is 127. The van der Waals surface area contributed by atoms with Crippen LogP contribution in [0.5, 0.6) is 0 Å². The molecule has 62 valence electrons. The van der Waals surface area contributed by atoms with Gasteiger partial charge in [0.05, 0.1) is 29.1 Å². The van der Waals surface area contributed by atoms with Gasteiger partial charge in [-0.2, -0.15) is 4.98 Å². The molecule has 6 heteroatoms. The Labute approximate surface area is 80.7 Å². The minimum atomic E-state index is -0.290. The number of nitrogens with one attached hydrogen (secondary N) is 1. The average Bonchev–Trinajstić information content (AvgIpc) is 2.32. The Hall–Kier alpha value is -1.05. The molecule has 0 radical (unpaired) electrons. The molecule has 0 atom stereocenters. The van der Waals surface area contributed by atoms with Gasteiger partial charge < -0.3 is 5.21 Å². The molecule has 5 nitrogen and oxygen atoms in total. The molecule has 0 saturated carbocycles. The third-order valence-corrected chi connectivity index (χ3v) is 2.51. The van der Waals surface area contributed by atoms with Crippen molar-refractivity contribution in [3.05, 3.63) is 34.0 Å². The van der Waals surface area contributed by atoms with Crippen LogP contribution in [0.4, 0.5) is 0 Å². The summed E-state index contributed by atoms with van der Waals surface area (Å²) < 4.78 is 1.99. The van der Waals surface area contributed by atoms with Crippen LogP contribution in [0.15, 0.2) is 23.1 Å². The van der Waals surface area contributed by atoms with Gasteiger partial charge in [-0.3, -0.25) is 0 Å². The van der Waals surface area contributed by atoms with Gasteiger partial charge in [-0.15, -0.1) is 0 Å². The third kappa shape index (κ3) is 0.909. The highest BCUT2D eigenvalue weighted by Crippen LogP contribution is 2.06. The van der Waals surface area contributed by atoms with E-state index in [1.165, 1.54) is 8.98 Å². The molecule has 1 N–H and O–H groups in total. The summed E-state index contributed by atoms with van der Waals surface area (Å²) in [4.78, 5) is 13.5. The molecular weight excluding hydrogens is 273 g/mol. The van der Waals surface area contributed by atoms with Crippen molar-refractivity contribution in [1.82, 2.24) is 7.76 Å². The van der Waals surface area contributed by atoms with Crippen LogP contribution in [0, 0.1) is 5.21 Å². The summed E-state index contributed by atoms with van der Waals surface area (Å²) in [6.45, 7) is 0. The number of H-pyrrole nitrogens is 1. The van der Waals surface area contributed by atoms with E-state index < -0.39 is 0 Å². The molecule has 2 aromatic heterocycles. The van der Waals surface area contributed by atoms with Crippen molar-refractivity contribution in [2.45, 2.75) is 0 Å². The number of nitrogens with zero attached hydrogens (tertiary/aromatic N) is 2. The third-order valence-electron chi connectivity index (χ3n) is 1.55. The Morgan fingerprint density at radius 1 is 1.67 bits per heavy atom. The number of hydrogen-bond acceptors (Lipinski definition) is 2. The van der Waals surface area contributed by atoms with E-state index in [0.29, 0.717) is 10.2 Å². The Morgan fingerprint density at radius 2 is 2.42 bits per heavy atom. The summed E-state index contributed by atoms with van der Waals surface area (Å²) in [5.41, 5.74) is 0.594. The van der Waals surface area contributed by atoms with Gasteiger partial charge in [-0.1, -0.05) is 0 Å². The average molecular weight is 277 g/mol. The van der Waals surface area contributed by atoms with Crippen LogP contribution < -0.4 is 10.4 Å². The summed E-state index contributed by atoms with van der Waals surface area (Å²) in [5.74, 6) is 0. The lowest BCUT2D eigenvalue weighted by molar-refractivity contribution is -0.579. The number of pyridine rings is 1. The van der Waals surface area contributed by atoms with Crippen molar-refractivity contribution >= 4 is 34.0 Å². The summed E-state index contributed by atoms with van der Waals surface area (Å²) >= 11 is 1.84. The molecule has 0 aromatic carbocycles. The normalized spacial score (nSPS) is 10.8. The minimum absolute atomic E-state index is 0.289. The van der Waals surface area contributed by atoms with E-state index in [-0.39, 0.29) is 11.3 Å². The van der Waals surface area contributed by atoms with Gasteiger partial charge in [0.1, 0.15) is 5.52 Å². The first-order valence-electron chi connectivity index (χ1n) is 3.19. The maximum atomic E-state index is 11.1. The first kappa shape index (κ1) is 7.59. The number of hydrogen-bond donors (Lipinski definition) is 1. The Bertz CT molecular complexity index is 487. The van der Waals surface area contributed by atoms with E-state index in [0.717, 1.165) is 0 Å². The van der Waals surface area contributed by atoms with Crippen molar-refractivity contribution in [3.63, 3.8) is 0 Å². The molecule has 0 aliphatic heterocycles. The van der Waals surface area contributed by atoms with E-state index in [4.69, 9.17) is 0 Å². The molecule has 0 bridgehead atoms. The fraction of sp³-hybridized carbons (Fsp3) is 0. The standard InChI is InChI=1S/C6H4IN3O2/c7-10-4-2-1-3-9(12)5(4)8-6(10)11/h1-3H,(H,8,11). The lowest BCUT2D eigenvalue weighted by atomic mass is 10.4. The van der Waals surface area contributed by atoms with Crippen molar-refractivity contribution in [1.29, 1.82) is 0 Å².